The summed E-state index contributed by atoms with van der Waals surface area (Å²) < 4.78 is 15.4. The maximum absolute atomic E-state index is 12.2. The smallest absolute Gasteiger partial charge is 0.338 e. The quantitative estimate of drug-likeness (QED) is 0.495. The lowest BCUT2D eigenvalue weighted by molar-refractivity contribution is -0.132. The highest BCUT2D eigenvalue weighted by Gasteiger charge is 2.16. The van der Waals surface area contributed by atoms with Gasteiger partial charge in [0.1, 0.15) is 11.5 Å². The van der Waals surface area contributed by atoms with E-state index in [-0.39, 0.29) is 12.0 Å². The van der Waals surface area contributed by atoms with Gasteiger partial charge in [-0.2, -0.15) is 0 Å². The van der Waals surface area contributed by atoms with E-state index in [4.69, 9.17) is 14.2 Å². The van der Waals surface area contributed by atoms with E-state index in [1.165, 1.54) is 38.1 Å². The molecule has 0 unspecified atom stereocenters. The van der Waals surface area contributed by atoms with Crippen molar-refractivity contribution in [1.82, 2.24) is 5.32 Å². The molecule has 0 saturated heterocycles. The Hall–Kier alpha value is -3.00. The number of rotatable bonds is 9. The van der Waals surface area contributed by atoms with Gasteiger partial charge in [0.05, 0.1) is 19.8 Å². The van der Waals surface area contributed by atoms with E-state index in [1.54, 1.807) is 6.92 Å². The number of carbonyl (C=O) groups is 3. The molecule has 0 heterocycles. The van der Waals surface area contributed by atoms with Crippen LogP contribution in [-0.2, 0) is 14.3 Å². The molecule has 0 aliphatic rings. The number of ether oxygens (including phenoxy) is 3. The second kappa shape index (κ2) is 11.1. The number of imide groups is 1. The number of hydrogen-bond acceptors (Lipinski definition) is 7. The first-order valence-corrected chi connectivity index (χ1v) is 9.83. The van der Waals surface area contributed by atoms with Crippen LogP contribution in [0.25, 0.3) is 0 Å². The average Bonchev–Trinajstić information content (AvgIpc) is 2.73. The molecule has 0 radical (unpaired) electrons. The van der Waals surface area contributed by atoms with E-state index in [9.17, 15) is 14.4 Å². The standard InChI is InChI=1S/C21H23NO6S/c1-14-17(26-2)11-15(12-18(14)27-3)21(25)28-13-20(24)22-19(23)9-10-29-16-7-5-4-6-8-16/h4-8,11-12H,9-10,13H2,1-3H3,(H,22,23,24). The number of hydrogen-bond donors (Lipinski definition) is 1. The lowest BCUT2D eigenvalue weighted by atomic mass is 10.1. The number of esters is 1. The van der Waals surface area contributed by atoms with Gasteiger partial charge in [0.25, 0.3) is 5.91 Å². The second-order valence-corrected chi connectivity index (χ2v) is 7.13. The summed E-state index contributed by atoms with van der Waals surface area (Å²) in [6, 6.07) is 12.6. The van der Waals surface area contributed by atoms with Gasteiger partial charge in [-0.1, -0.05) is 18.2 Å². The summed E-state index contributed by atoms with van der Waals surface area (Å²) >= 11 is 1.52. The Morgan fingerprint density at radius 2 is 1.59 bits per heavy atom. The first-order valence-electron chi connectivity index (χ1n) is 8.85. The largest absolute Gasteiger partial charge is 0.496 e. The molecule has 2 amide bonds. The van der Waals surface area contributed by atoms with Crippen LogP contribution in [-0.4, -0.2) is 44.4 Å². The maximum Gasteiger partial charge on any atom is 0.338 e. The topological polar surface area (TPSA) is 90.9 Å². The Balaban J connectivity index is 1.79. The summed E-state index contributed by atoms with van der Waals surface area (Å²) in [5.74, 6) is -0.360. The number of nitrogens with one attached hydrogen (secondary N) is 1. The Morgan fingerprint density at radius 1 is 0.966 bits per heavy atom. The van der Waals surface area contributed by atoms with Crippen LogP contribution < -0.4 is 14.8 Å². The summed E-state index contributed by atoms with van der Waals surface area (Å²) in [6.07, 6.45) is 0.172. The molecule has 2 rings (SSSR count). The molecule has 8 heteroatoms. The van der Waals surface area contributed by atoms with E-state index in [2.05, 4.69) is 5.32 Å². The molecule has 154 valence electrons. The van der Waals surface area contributed by atoms with Crippen molar-refractivity contribution in [2.45, 2.75) is 18.2 Å². The number of thioether (sulfide) groups is 1. The Kier molecular flexibility index (Phi) is 8.54. The van der Waals surface area contributed by atoms with Gasteiger partial charge in [0, 0.05) is 22.6 Å². The fourth-order valence-corrected chi connectivity index (χ4v) is 3.32. The molecule has 0 aromatic heterocycles. The molecule has 2 aromatic carbocycles. The predicted octanol–water partition coefficient (Wildman–Crippen LogP) is 2.99. The zero-order valence-electron chi connectivity index (χ0n) is 16.5. The van der Waals surface area contributed by atoms with Crippen LogP contribution in [0.3, 0.4) is 0 Å². The van der Waals surface area contributed by atoms with Crippen molar-refractivity contribution in [2.24, 2.45) is 0 Å². The molecule has 1 N–H and O–H groups in total. The minimum absolute atomic E-state index is 0.172. The van der Waals surface area contributed by atoms with E-state index < -0.39 is 24.4 Å². The van der Waals surface area contributed by atoms with Crippen molar-refractivity contribution in [3.05, 3.63) is 53.6 Å². The van der Waals surface area contributed by atoms with Crippen molar-refractivity contribution >= 4 is 29.5 Å². The molecule has 0 aliphatic heterocycles. The van der Waals surface area contributed by atoms with Gasteiger partial charge in [-0.15, -0.1) is 11.8 Å². The minimum Gasteiger partial charge on any atom is -0.496 e. The first-order chi connectivity index (χ1) is 13.9. The van der Waals surface area contributed by atoms with E-state index >= 15 is 0 Å². The third-order valence-corrected chi connectivity index (χ3v) is 4.96. The van der Waals surface area contributed by atoms with Crippen molar-refractivity contribution in [3.8, 4) is 11.5 Å². The fourth-order valence-electron chi connectivity index (χ4n) is 2.45. The molecule has 2 aromatic rings. The lowest BCUT2D eigenvalue weighted by Gasteiger charge is -2.12. The Morgan fingerprint density at radius 3 is 2.17 bits per heavy atom. The molecule has 29 heavy (non-hydrogen) atoms. The molecule has 0 aliphatic carbocycles. The Labute approximate surface area is 173 Å². The maximum atomic E-state index is 12.2. The van der Waals surface area contributed by atoms with Gasteiger partial charge < -0.3 is 14.2 Å². The van der Waals surface area contributed by atoms with Crippen LogP contribution in [0.4, 0.5) is 0 Å². The zero-order valence-corrected chi connectivity index (χ0v) is 17.3. The molecule has 0 spiro atoms. The second-order valence-electron chi connectivity index (χ2n) is 5.96. The number of carbonyl (C=O) groups excluding carboxylic acids is 3. The van der Waals surface area contributed by atoms with E-state index in [0.29, 0.717) is 17.3 Å². The van der Waals surface area contributed by atoms with Crippen molar-refractivity contribution in [3.63, 3.8) is 0 Å². The SMILES string of the molecule is COc1cc(C(=O)OCC(=O)NC(=O)CCSc2ccccc2)cc(OC)c1C. The molecule has 0 saturated carbocycles. The summed E-state index contributed by atoms with van der Waals surface area (Å²) in [5.41, 5.74) is 0.922. The minimum atomic E-state index is -0.719. The highest BCUT2D eigenvalue weighted by molar-refractivity contribution is 7.99. The average molecular weight is 417 g/mol. The van der Waals surface area contributed by atoms with Gasteiger partial charge in [0.2, 0.25) is 5.91 Å². The summed E-state index contributed by atoms with van der Waals surface area (Å²) in [7, 11) is 2.96. The normalized spacial score (nSPS) is 10.2. The van der Waals surface area contributed by atoms with Gasteiger partial charge in [-0.3, -0.25) is 14.9 Å². The molecule has 0 atom stereocenters. The third kappa shape index (κ3) is 6.83. The van der Waals surface area contributed by atoms with E-state index in [0.717, 1.165) is 10.5 Å². The van der Waals surface area contributed by atoms with E-state index in [1.807, 2.05) is 30.3 Å². The van der Waals surface area contributed by atoms with Crippen molar-refractivity contribution in [2.75, 3.05) is 26.6 Å². The molecular weight excluding hydrogens is 394 g/mol. The number of benzene rings is 2. The van der Waals surface area contributed by atoms with Gasteiger partial charge >= 0.3 is 5.97 Å². The number of amides is 2. The van der Waals surface area contributed by atoms with Crippen molar-refractivity contribution in [1.29, 1.82) is 0 Å². The van der Waals surface area contributed by atoms with Crippen molar-refractivity contribution < 1.29 is 28.6 Å². The van der Waals surface area contributed by atoms with Crippen LogP contribution in [0.5, 0.6) is 11.5 Å². The Bertz CT molecular complexity index is 844. The highest BCUT2D eigenvalue weighted by atomic mass is 32.2. The van der Waals surface area contributed by atoms with Gasteiger partial charge in [-0.05, 0) is 31.2 Å². The predicted molar refractivity (Wildman–Crippen MR) is 109 cm³/mol. The molecule has 0 fully saturated rings. The lowest BCUT2D eigenvalue weighted by Crippen LogP contribution is -2.34. The number of methoxy groups -OCH3 is 2. The van der Waals surface area contributed by atoms with Crippen LogP contribution >= 0.6 is 11.8 Å². The first kappa shape index (κ1) is 22.3. The summed E-state index contributed by atoms with van der Waals surface area (Å²) in [4.78, 5) is 37.0. The summed E-state index contributed by atoms with van der Waals surface area (Å²) in [5, 5.41) is 2.21. The highest BCUT2D eigenvalue weighted by Crippen LogP contribution is 2.29. The zero-order chi connectivity index (χ0) is 21.2. The molecular formula is C21H23NO6S. The van der Waals surface area contributed by atoms with Crippen LogP contribution in [0.1, 0.15) is 22.3 Å². The van der Waals surface area contributed by atoms with Gasteiger partial charge in [0.15, 0.2) is 6.61 Å². The third-order valence-electron chi connectivity index (χ3n) is 3.94. The monoisotopic (exact) mass is 417 g/mol. The van der Waals surface area contributed by atoms with Crippen LogP contribution in [0.15, 0.2) is 47.4 Å². The molecule has 0 bridgehead atoms. The van der Waals surface area contributed by atoms with Crippen LogP contribution in [0.2, 0.25) is 0 Å². The van der Waals surface area contributed by atoms with Crippen LogP contribution in [0, 0.1) is 6.92 Å². The summed E-state index contributed by atoms with van der Waals surface area (Å²) in [6.45, 7) is 1.23. The van der Waals surface area contributed by atoms with Gasteiger partial charge in [-0.25, -0.2) is 4.79 Å². The molecule has 7 nitrogen and oxygen atoms in total. The fraction of sp³-hybridized carbons (Fsp3) is 0.286.